The van der Waals surface area contributed by atoms with E-state index < -0.39 is 0 Å². The molecule has 0 saturated heterocycles. The quantitative estimate of drug-likeness (QED) is 0.788. The monoisotopic (exact) mass is 388 g/mol. The normalized spacial score (nSPS) is 13.0. The third-order valence-electron chi connectivity index (χ3n) is 3.72. The molecule has 2 N–H and O–H groups in total. The summed E-state index contributed by atoms with van der Waals surface area (Å²) in [4.78, 5) is 23.9. The smallest absolute Gasteiger partial charge is 0.222 e. The predicted molar refractivity (Wildman–Crippen MR) is 98.3 cm³/mol. The maximum Gasteiger partial charge on any atom is 0.222 e. The van der Waals surface area contributed by atoms with Crippen molar-refractivity contribution in [2.45, 2.75) is 32.4 Å². The van der Waals surface area contributed by atoms with Gasteiger partial charge in [0.1, 0.15) is 0 Å². The number of carbonyl (C=O) groups excluding carboxylic acids is 2. The number of rotatable bonds is 6. The molecular weight excluding hydrogens is 368 g/mol. The molecule has 0 bridgehead atoms. The largest absolute Gasteiger partial charge is 0.349 e. The lowest BCUT2D eigenvalue weighted by atomic mass is 10.0. The number of hydrogen-bond acceptors (Lipinski definition) is 2. The Balaban J connectivity index is 2.05. The Morgan fingerprint density at radius 1 is 1.00 bits per heavy atom. The SMILES string of the molecule is CC(=O)N[C@@H](CC(=O)N[C@@H](C)c1ccccc1Br)c1ccccc1. The summed E-state index contributed by atoms with van der Waals surface area (Å²) >= 11 is 3.50. The zero-order valence-electron chi connectivity index (χ0n) is 13.8. The van der Waals surface area contributed by atoms with Crippen LogP contribution in [-0.2, 0) is 9.59 Å². The molecule has 0 spiro atoms. The molecule has 0 aliphatic heterocycles. The van der Waals surface area contributed by atoms with Crippen LogP contribution >= 0.6 is 15.9 Å². The van der Waals surface area contributed by atoms with Gasteiger partial charge in [-0.05, 0) is 24.1 Å². The summed E-state index contributed by atoms with van der Waals surface area (Å²) in [6.07, 6.45) is 0.193. The second-order valence-corrected chi connectivity index (χ2v) is 6.53. The van der Waals surface area contributed by atoms with Gasteiger partial charge in [-0.1, -0.05) is 64.5 Å². The number of benzene rings is 2. The Kier molecular flexibility index (Phi) is 6.55. The van der Waals surface area contributed by atoms with Gasteiger partial charge in [-0.25, -0.2) is 0 Å². The maximum atomic E-state index is 12.4. The summed E-state index contributed by atoms with van der Waals surface area (Å²) in [7, 11) is 0. The van der Waals surface area contributed by atoms with Crippen molar-refractivity contribution in [3.63, 3.8) is 0 Å². The molecule has 2 atom stereocenters. The fraction of sp³-hybridized carbons (Fsp3) is 0.263. The molecular formula is C19H21BrN2O2. The molecule has 0 aliphatic rings. The molecule has 5 heteroatoms. The molecule has 24 heavy (non-hydrogen) atoms. The van der Waals surface area contributed by atoms with Crippen LogP contribution in [0.1, 0.15) is 43.5 Å². The zero-order valence-corrected chi connectivity index (χ0v) is 15.3. The highest BCUT2D eigenvalue weighted by molar-refractivity contribution is 9.10. The van der Waals surface area contributed by atoms with E-state index >= 15 is 0 Å². The van der Waals surface area contributed by atoms with Crippen molar-refractivity contribution in [2.24, 2.45) is 0 Å². The van der Waals surface area contributed by atoms with Gasteiger partial charge in [-0.2, -0.15) is 0 Å². The van der Waals surface area contributed by atoms with Gasteiger partial charge in [0, 0.05) is 11.4 Å². The molecule has 0 aliphatic carbocycles. The number of hydrogen-bond donors (Lipinski definition) is 2. The maximum absolute atomic E-state index is 12.4. The Morgan fingerprint density at radius 2 is 1.62 bits per heavy atom. The van der Waals surface area contributed by atoms with Gasteiger partial charge in [0.25, 0.3) is 0 Å². The highest BCUT2D eigenvalue weighted by Gasteiger charge is 2.19. The lowest BCUT2D eigenvalue weighted by molar-refractivity contribution is -0.123. The standard InChI is InChI=1S/C19H21BrN2O2/c1-13(16-10-6-7-11-17(16)20)21-19(24)12-18(22-14(2)23)15-8-4-3-5-9-15/h3-11,13,18H,12H2,1-2H3,(H,21,24)(H,22,23)/t13-,18-/m0/s1. The first-order chi connectivity index (χ1) is 11.5. The van der Waals surface area contributed by atoms with E-state index in [1.165, 1.54) is 6.92 Å². The molecule has 0 fully saturated rings. The number of carbonyl (C=O) groups is 2. The van der Waals surface area contributed by atoms with Crippen molar-refractivity contribution in [3.8, 4) is 0 Å². The van der Waals surface area contributed by atoms with Crippen molar-refractivity contribution < 1.29 is 9.59 Å². The van der Waals surface area contributed by atoms with Gasteiger partial charge in [-0.15, -0.1) is 0 Å². The molecule has 2 rings (SSSR count). The van der Waals surface area contributed by atoms with E-state index in [-0.39, 0.29) is 30.3 Å². The van der Waals surface area contributed by atoms with E-state index in [0.29, 0.717) is 0 Å². The van der Waals surface area contributed by atoms with Gasteiger partial charge in [0.05, 0.1) is 18.5 Å². The fourth-order valence-electron chi connectivity index (χ4n) is 2.57. The highest BCUT2D eigenvalue weighted by atomic mass is 79.9. The third-order valence-corrected chi connectivity index (χ3v) is 4.44. The molecule has 2 aromatic carbocycles. The van der Waals surface area contributed by atoms with E-state index in [0.717, 1.165) is 15.6 Å². The second kappa shape index (κ2) is 8.64. The first-order valence-electron chi connectivity index (χ1n) is 7.83. The van der Waals surface area contributed by atoms with Crippen LogP contribution in [0.2, 0.25) is 0 Å². The minimum absolute atomic E-state index is 0.110. The highest BCUT2D eigenvalue weighted by Crippen LogP contribution is 2.23. The van der Waals surface area contributed by atoms with Crippen molar-refractivity contribution in [2.75, 3.05) is 0 Å². The minimum Gasteiger partial charge on any atom is -0.349 e. The minimum atomic E-state index is -0.338. The Hall–Kier alpha value is -2.14. The topological polar surface area (TPSA) is 58.2 Å². The second-order valence-electron chi connectivity index (χ2n) is 5.68. The Labute approximate surface area is 150 Å². The Bertz CT molecular complexity index is 704. The third kappa shape index (κ3) is 5.20. The van der Waals surface area contributed by atoms with Gasteiger partial charge >= 0.3 is 0 Å². The van der Waals surface area contributed by atoms with Crippen molar-refractivity contribution >= 4 is 27.7 Å². The Morgan fingerprint density at radius 3 is 2.25 bits per heavy atom. The average molecular weight is 389 g/mol. The molecule has 2 aromatic rings. The van der Waals surface area contributed by atoms with Crippen LogP contribution < -0.4 is 10.6 Å². The molecule has 0 unspecified atom stereocenters. The summed E-state index contributed by atoms with van der Waals surface area (Å²) in [6, 6.07) is 16.8. The molecule has 2 amide bonds. The van der Waals surface area contributed by atoms with Crippen LogP contribution in [0.15, 0.2) is 59.1 Å². The van der Waals surface area contributed by atoms with Crippen LogP contribution in [-0.4, -0.2) is 11.8 Å². The van der Waals surface area contributed by atoms with E-state index in [2.05, 4.69) is 26.6 Å². The first kappa shape index (κ1) is 18.2. The summed E-state index contributed by atoms with van der Waals surface area (Å²) in [5.41, 5.74) is 1.93. The van der Waals surface area contributed by atoms with Crippen LogP contribution in [0.5, 0.6) is 0 Å². The van der Waals surface area contributed by atoms with Crippen molar-refractivity contribution in [3.05, 3.63) is 70.2 Å². The van der Waals surface area contributed by atoms with Gasteiger partial charge in [-0.3, -0.25) is 9.59 Å². The molecule has 4 nitrogen and oxygen atoms in total. The first-order valence-corrected chi connectivity index (χ1v) is 8.62. The lowest BCUT2D eigenvalue weighted by Crippen LogP contribution is -2.33. The molecule has 0 saturated carbocycles. The lowest BCUT2D eigenvalue weighted by Gasteiger charge is -2.20. The van der Waals surface area contributed by atoms with Crippen molar-refractivity contribution in [1.29, 1.82) is 0 Å². The van der Waals surface area contributed by atoms with Crippen LogP contribution in [0.4, 0.5) is 0 Å². The number of nitrogens with one attached hydrogen (secondary N) is 2. The predicted octanol–water partition coefficient (Wildman–Crippen LogP) is 3.89. The van der Waals surface area contributed by atoms with E-state index in [4.69, 9.17) is 0 Å². The molecule has 126 valence electrons. The number of halogens is 1. The van der Waals surface area contributed by atoms with Gasteiger partial charge < -0.3 is 10.6 Å². The van der Waals surface area contributed by atoms with Gasteiger partial charge in [0.15, 0.2) is 0 Å². The van der Waals surface area contributed by atoms with E-state index in [1.807, 2.05) is 61.5 Å². The molecule has 0 radical (unpaired) electrons. The molecule has 0 aromatic heterocycles. The van der Waals surface area contributed by atoms with Crippen LogP contribution in [0, 0.1) is 0 Å². The fourth-order valence-corrected chi connectivity index (χ4v) is 3.20. The average Bonchev–Trinajstić information content (AvgIpc) is 2.55. The molecule has 0 heterocycles. The van der Waals surface area contributed by atoms with Gasteiger partial charge in [0.2, 0.25) is 11.8 Å². The van der Waals surface area contributed by atoms with E-state index in [9.17, 15) is 9.59 Å². The van der Waals surface area contributed by atoms with Crippen LogP contribution in [0.25, 0.3) is 0 Å². The summed E-state index contributed by atoms with van der Waals surface area (Å²) in [5, 5.41) is 5.83. The summed E-state index contributed by atoms with van der Waals surface area (Å²) in [6.45, 7) is 3.39. The summed E-state index contributed by atoms with van der Waals surface area (Å²) in [5.74, 6) is -0.267. The van der Waals surface area contributed by atoms with E-state index in [1.54, 1.807) is 0 Å². The van der Waals surface area contributed by atoms with Crippen LogP contribution in [0.3, 0.4) is 0 Å². The zero-order chi connectivity index (χ0) is 17.5. The number of amides is 2. The van der Waals surface area contributed by atoms with Crippen molar-refractivity contribution in [1.82, 2.24) is 10.6 Å². The summed E-state index contributed by atoms with van der Waals surface area (Å²) < 4.78 is 0.958.